The molecular formula is C20H26N4O2. The van der Waals surface area contributed by atoms with E-state index >= 15 is 0 Å². The number of rotatable bonds is 3. The number of aryl methyl sites for hydroxylation is 1. The summed E-state index contributed by atoms with van der Waals surface area (Å²) >= 11 is 0. The number of para-hydroxylation sites is 1. The van der Waals surface area contributed by atoms with E-state index in [9.17, 15) is 4.79 Å². The number of aromatic nitrogens is 2. The van der Waals surface area contributed by atoms with Gasteiger partial charge in [0.05, 0.1) is 13.2 Å². The molecule has 138 valence electrons. The van der Waals surface area contributed by atoms with Crippen LogP contribution in [0.25, 0.3) is 0 Å². The van der Waals surface area contributed by atoms with Crippen LogP contribution < -0.4 is 4.74 Å². The highest BCUT2D eigenvalue weighted by molar-refractivity contribution is 5.79. The number of benzene rings is 1. The van der Waals surface area contributed by atoms with Crippen LogP contribution in [0.15, 0.2) is 36.7 Å². The largest absolute Gasteiger partial charge is 0.493 e. The third kappa shape index (κ3) is 3.60. The molecule has 6 heteroatoms. The van der Waals surface area contributed by atoms with Gasteiger partial charge in [-0.3, -0.25) is 9.69 Å². The Balaban J connectivity index is 1.34. The Morgan fingerprint density at radius 1 is 1.23 bits per heavy atom. The number of carbonyl (C=O) groups excluding carboxylic acids is 1. The van der Waals surface area contributed by atoms with Gasteiger partial charge in [-0.05, 0) is 24.5 Å². The molecule has 2 aliphatic heterocycles. The van der Waals surface area contributed by atoms with Gasteiger partial charge in [0.1, 0.15) is 11.6 Å². The van der Waals surface area contributed by atoms with Crippen molar-refractivity contribution in [3.8, 4) is 5.75 Å². The molecule has 2 aliphatic rings. The summed E-state index contributed by atoms with van der Waals surface area (Å²) < 4.78 is 7.87. The number of piperazine rings is 1. The summed E-state index contributed by atoms with van der Waals surface area (Å²) in [5, 5.41) is 0. The minimum atomic E-state index is 0.0275. The maximum atomic E-state index is 13.0. The molecule has 1 fully saturated rings. The molecule has 0 spiro atoms. The van der Waals surface area contributed by atoms with Gasteiger partial charge < -0.3 is 14.2 Å². The Labute approximate surface area is 154 Å². The average molecular weight is 354 g/mol. The number of amides is 1. The minimum absolute atomic E-state index is 0.0275. The predicted octanol–water partition coefficient (Wildman–Crippen LogP) is 1.71. The van der Waals surface area contributed by atoms with Gasteiger partial charge >= 0.3 is 0 Å². The van der Waals surface area contributed by atoms with Gasteiger partial charge in [-0.15, -0.1) is 0 Å². The summed E-state index contributed by atoms with van der Waals surface area (Å²) in [6.07, 6.45) is 5.38. The highest BCUT2D eigenvalue weighted by Gasteiger charge is 2.29. The second-order valence-corrected chi connectivity index (χ2v) is 7.20. The van der Waals surface area contributed by atoms with Crippen molar-refractivity contribution < 1.29 is 9.53 Å². The van der Waals surface area contributed by atoms with Gasteiger partial charge in [-0.2, -0.15) is 0 Å². The van der Waals surface area contributed by atoms with Crippen LogP contribution in [0.5, 0.6) is 5.75 Å². The van der Waals surface area contributed by atoms with E-state index in [2.05, 4.69) is 20.5 Å². The molecule has 1 aromatic heterocycles. The maximum Gasteiger partial charge on any atom is 0.226 e. The molecule has 0 N–H and O–H groups in total. The Kier molecular flexibility index (Phi) is 4.93. The number of carbonyl (C=O) groups is 1. The van der Waals surface area contributed by atoms with Gasteiger partial charge in [0.15, 0.2) is 0 Å². The van der Waals surface area contributed by atoms with Crippen molar-refractivity contribution in [1.82, 2.24) is 19.4 Å². The van der Waals surface area contributed by atoms with Gasteiger partial charge in [-0.1, -0.05) is 18.2 Å². The molecule has 1 atom stereocenters. The second-order valence-electron chi connectivity index (χ2n) is 7.20. The van der Waals surface area contributed by atoms with Gasteiger partial charge in [-0.25, -0.2) is 4.98 Å². The van der Waals surface area contributed by atoms with Crippen LogP contribution in [-0.2, 0) is 24.8 Å². The standard InChI is InChI=1S/C20H26N4O2/c1-22-8-7-21-19(22)15-23-9-11-24(12-10-23)20(25)17-6-13-26-18-5-3-2-4-16(18)14-17/h2-5,7-8,17H,6,9-15H2,1H3/t17-/m0/s1. The van der Waals surface area contributed by atoms with Gasteiger partial charge in [0, 0.05) is 51.5 Å². The van der Waals surface area contributed by atoms with E-state index in [0.29, 0.717) is 6.61 Å². The summed E-state index contributed by atoms with van der Waals surface area (Å²) in [5.74, 6) is 2.31. The molecule has 0 unspecified atom stereocenters. The van der Waals surface area contributed by atoms with E-state index in [1.165, 1.54) is 0 Å². The maximum absolute atomic E-state index is 13.0. The molecule has 0 radical (unpaired) electrons. The number of nitrogens with zero attached hydrogens (tertiary/aromatic N) is 4. The molecule has 0 aliphatic carbocycles. The highest BCUT2D eigenvalue weighted by atomic mass is 16.5. The highest BCUT2D eigenvalue weighted by Crippen LogP contribution is 2.27. The number of ether oxygens (including phenoxy) is 1. The molecule has 0 saturated carbocycles. The number of hydrogen-bond donors (Lipinski definition) is 0. The van der Waals surface area contributed by atoms with Crippen molar-refractivity contribution in [1.29, 1.82) is 0 Å². The predicted molar refractivity (Wildman–Crippen MR) is 98.8 cm³/mol. The fourth-order valence-electron chi connectivity index (χ4n) is 3.84. The lowest BCUT2D eigenvalue weighted by Gasteiger charge is -2.36. The monoisotopic (exact) mass is 354 g/mol. The number of hydrogen-bond acceptors (Lipinski definition) is 4. The van der Waals surface area contributed by atoms with E-state index in [1.54, 1.807) is 0 Å². The van der Waals surface area contributed by atoms with Gasteiger partial charge in [0.2, 0.25) is 5.91 Å². The van der Waals surface area contributed by atoms with Crippen molar-refractivity contribution >= 4 is 5.91 Å². The second kappa shape index (κ2) is 7.50. The Morgan fingerprint density at radius 2 is 2.04 bits per heavy atom. The normalized spacial score (nSPS) is 21.0. The first-order valence-corrected chi connectivity index (χ1v) is 9.39. The van der Waals surface area contributed by atoms with E-state index < -0.39 is 0 Å². The van der Waals surface area contributed by atoms with Crippen LogP contribution in [0.2, 0.25) is 0 Å². The average Bonchev–Trinajstić information content (AvgIpc) is 2.94. The zero-order valence-corrected chi connectivity index (χ0v) is 15.3. The van der Waals surface area contributed by atoms with Crippen LogP contribution in [0, 0.1) is 5.92 Å². The van der Waals surface area contributed by atoms with E-state index in [-0.39, 0.29) is 11.8 Å². The Hall–Kier alpha value is -2.34. The summed E-state index contributed by atoms with van der Waals surface area (Å²) in [4.78, 5) is 21.8. The lowest BCUT2D eigenvalue weighted by molar-refractivity contribution is -0.137. The van der Waals surface area contributed by atoms with Crippen molar-refractivity contribution in [3.63, 3.8) is 0 Å². The topological polar surface area (TPSA) is 50.6 Å². The quantitative estimate of drug-likeness (QED) is 0.842. The van der Waals surface area contributed by atoms with E-state index in [1.807, 2.05) is 42.5 Å². The first-order chi connectivity index (χ1) is 12.7. The van der Waals surface area contributed by atoms with Crippen molar-refractivity contribution in [2.75, 3.05) is 32.8 Å². The fourth-order valence-corrected chi connectivity index (χ4v) is 3.84. The molecular weight excluding hydrogens is 328 g/mol. The molecule has 1 saturated heterocycles. The zero-order valence-electron chi connectivity index (χ0n) is 15.3. The summed E-state index contributed by atoms with van der Waals surface area (Å²) in [5.41, 5.74) is 1.15. The van der Waals surface area contributed by atoms with Crippen LogP contribution >= 0.6 is 0 Å². The summed E-state index contributed by atoms with van der Waals surface area (Å²) in [6, 6.07) is 8.08. The smallest absolute Gasteiger partial charge is 0.226 e. The molecule has 6 nitrogen and oxygen atoms in total. The van der Waals surface area contributed by atoms with Crippen LogP contribution in [0.1, 0.15) is 17.8 Å². The Morgan fingerprint density at radius 3 is 2.81 bits per heavy atom. The van der Waals surface area contributed by atoms with Crippen molar-refractivity contribution in [2.24, 2.45) is 13.0 Å². The van der Waals surface area contributed by atoms with Crippen molar-refractivity contribution in [2.45, 2.75) is 19.4 Å². The van der Waals surface area contributed by atoms with Crippen LogP contribution in [0.4, 0.5) is 0 Å². The van der Waals surface area contributed by atoms with Crippen LogP contribution in [-0.4, -0.2) is 58.0 Å². The molecule has 3 heterocycles. The molecule has 0 bridgehead atoms. The third-order valence-corrected chi connectivity index (χ3v) is 5.48. The first-order valence-electron chi connectivity index (χ1n) is 9.39. The van der Waals surface area contributed by atoms with Crippen molar-refractivity contribution in [3.05, 3.63) is 48.0 Å². The van der Waals surface area contributed by atoms with Gasteiger partial charge in [0.25, 0.3) is 0 Å². The minimum Gasteiger partial charge on any atom is -0.493 e. The van der Waals surface area contributed by atoms with E-state index in [4.69, 9.17) is 4.74 Å². The first kappa shape index (κ1) is 17.1. The zero-order chi connectivity index (χ0) is 17.9. The fraction of sp³-hybridized carbons (Fsp3) is 0.500. The summed E-state index contributed by atoms with van der Waals surface area (Å²) in [7, 11) is 2.02. The van der Waals surface area contributed by atoms with Crippen LogP contribution in [0.3, 0.4) is 0 Å². The third-order valence-electron chi connectivity index (χ3n) is 5.48. The lowest BCUT2D eigenvalue weighted by atomic mass is 9.95. The summed E-state index contributed by atoms with van der Waals surface area (Å²) in [6.45, 7) is 4.85. The molecule has 2 aromatic rings. The number of fused-ring (bicyclic) bond motifs is 1. The number of imidazole rings is 1. The lowest BCUT2D eigenvalue weighted by Crippen LogP contribution is -2.50. The SMILES string of the molecule is Cn1ccnc1CN1CCN(C(=O)[C@H]2CCOc3ccccc3C2)CC1. The molecule has 4 rings (SSSR count). The van der Waals surface area contributed by atoms with E-state index in [0.717, 1.165) is 62.7 Å². The molecule has 1 aromatic carbocycles. The Bertz CT molecular complexity index is 765. The molecule has 1 amide bonds. The molecule has 26 heavy (non-hydrogen) atoms.